The average molecular weight is 338 g/mol. The SMILES string of the molecule is CC.CCCC1CN(CC)C(=O)C1(c1ccccc1)c1ccccc1. The molecule has 0 spiro atoms. The highest BCUT2D eigenvalue weighted by atomic mass is 16.2. The number of rotatable bonds is 5. The van der Waals surface area contributed by atoms with E-state index in [1.165, 1.54) is 0 Å². The van der Waals surface area contributed by atoms with Crippen LogP contribution in [-0.4, -0.2) is 23.9 Å². The molecule has 1 unspecified atom stereocenters. The van der Waals surface area contributed by atoms with E-state index in [0.717, 1.165) is 37.1 Å². The van der Waals surface area contributed by atoms with Gasteiger partial charge in [-0.25, -0.2) is 0 Å². The van der Waals surface area contributed by atoms with Crippen molar-refractivity contribution >= 4 is 5.91 Å². The summed E-state index contributed by atoms with van der Waals surface area (Å²) in [7, 11) is 0. The Labute approximate surface area is 152 Å². The van der Waals surface area contributed by atoms with E-state index in [2.05, 4.69) is 38.1 Å². The Bertz CT molecular complexity index is 611. The molecule has 0 aromatic heterocycles. The van der Waals surface area contributed by atoms with Gasteiger partial charge in [-0.1, -0.05) is 87.9 Å². The number of carbonyl (C=O) groups excluding carboxylic acids is 1. The third-order valence-electron chi connectivity index (χ3n) is 5.15. The monoisotopic (exact) mass is 337 g/mol. The molecule has 2 heteroatoms. The molecule has 134 valence electrons. The van der Waals surface area contributed by atoms with Gasteiger partial charge in [0.05, 0.1) is 0 Å². The molecule has 2 aromatic rings. The standard InChI is InChI=1S/C21H25NO.C2H6/c1-3-11-19-16-22(4-2)20(23)21(19,17-12-7-5-8-13-17)18-14-9-6-10-15-18;1-2/h5-10,12-15,19H,3-4,11,16H2,1-2H3;1-2H3. The van der Waals surface area contributed by atoms with E-state index in [-0.39, 0.29) is 5.91 Å². The third-order valence-corrected chi connectivity index (χ3v) is 5.15. The summed E-state index contributed by atoms with van der Waals surface area (Å²) in [5.74, 6) is 0.584. The number of likely N-dealkylation sites (N-methyl/N-ethyl adjacent to an activating group) is 1. The van der Waals surface area contributed by atoms with Crippen molar-refractivity contribution in [1.82, 2.24) is 4.90 Å². The van der Waals surface area contributed by atoms with Gasteiger partial charge in [-0.3, -0.25) is 4.79 Å². The van der Waals surface area contributed by atoms with Crippen LogP contribution < -0.4 is 0 Å². The van der Waals surface area contributed by atoms with Crippen LogP contribution in [0.2, 0.25) is 0 Å². The first-order valence-electron chi connectivity index (χ1n) is 9.65. The number of amides is 1. The van der Waals surface area contributed by atoms with Crippen molar-refractivity contribution < 1.29 is 4.79 Å². The van der Waals surface area contributed by atoms with E-state index in [4.69, 9.17) is 0 Å². The fourth-order valence-corrected chi connectivity index (χ4v) is 4.13. The van der Waals surface area contributed by atoms with Crippen LogP contribution in [0.3, 0.4) is 0 Å². The average Bonchev–Trinajstić information content (AvgIpc) is 2.97. The van der Waals surface area contributed by atoms with Gasteiger partial charge in [-0.2, -0.15) is 0 Å². The Kier molecular flexibility index (Phi) is 6.81. The van der Waals surface area contributed by atoms with Gasteiger partial charge in [0.25, 0.3) is 0 Å². The Morgan fingerprint density at radius 2 is 1.40 bits per heavy atom. The molecule has 1 heterocycles. The molecule has 1 aliphatic heterocycles. The van der Waals surface area contributed by atoms with Crippen LogP contribution in [0.15, 0.2) is 60.7 Å². The molecule has 0 radical (unpaired) electrons. The molecule has 1 atom stereocenters. The summed E-state index contributed by atoms with van der Waals surface area (Å²) in [6.45, 7) is 9.92. The zero-order valence-electron chi connectivity index (χ0n) is 16.0. The van der Waals surface area contributed by atoms with Gasteiger partial charge in [0, 0.05) is 13.1 Å². The number of hydrogen-bond acceptors (Lipinski definition) is 1. The van der Waals surface area contributed by atoms with Crippen LogP contribution in [-0.2, 0) is 10.2 Å². The zero-order valence-corrected chi connectivity index (χ0v) is 16.0. The van der Waals surface area contributed by atoms with Crippen LogP contribution in [0, 0.1) is 5.92 Å². The molecule has 0 saturated carbocycles. The predicted octanol–water partition coefficient (Wildman–Crippen LogP) is 5.28. The van der Waals surface area contributed by atoms with Crippen molar-refractivity contribution in [2.45, 2.75) is 46.0 Å². The van der Waals surface area contributed by atoms with Crippen LogP contribution in [0.1, 0.15) is 51.7 Å². The van der Waals surface area contributed by atoms with E-state index in [1.807, 2.05) is 55.1 Å². The summed E-state index contributed by atoms with van der Waals surface area (Å²) in [5.41, 5.74) is 1.73. The number of likely N-dealkylation sites (tertiary alicyclic amines) is 1. The lowest BCUT2D eigenvalue weighted by molar-refractivity contribution is -0.131. The normalized spacial score (nSPS) is 18.6. The summed E-state index contributed by atoms with van der Waals surface area (Å²) in [4.78, 5) is 15.5. The van der Waals surface area contributed by atoms with Crippen molar-refractivity contribution in [3.05, 3.63) is 71.8 Å². The van der Waals surface area contributed by atoms with E-state index in [1.54, 1.807) is 0 Å². The van der Waals surface area contributed by atoms with Crippen molar-refractivity contribution in [1.29, 1.82) is 0 Å². The maximum Gasteiger partial charge on any atom is 0.238 e. The largest absolute Gasteiger partial charge is 0.342 e. The van der Waals surface area contributed by atoms with Crippen molar-refractivity contribution in [3.8, 4) is 0 Å². The van der Waals surface area contributed by atoms with Gasteiger partial charge in [-0.05, 0) is 30.4 Å². The lowest BCUT2D eigenvalue weighted by atomic mass is 9.66. The maximum absolute atomic E-state index is 13.5. The highest BCUT2D eigenvalue weighted by Crippen LogP contribution is 2.47. The summed E-state index contributed by atoms with van der Waals surface area (Å²) >= 11 is 0. The molecule has 0 bridgehead atoms. The Balaban J connectivity index is 0.00000109. The number of benzene rings is 2. The number of hydrogen-bond donors (Lipinski definition) is 0. The Morgan fingerprint density at radius 3 is 1.80 bits per heavy atom. The molecule has 1 aliphatic rings. The summed E-state index contributed by atoms with van der Waals surface area (Å²) in [6.07, 6.45) is 2.16. The summed E-state index contributed by atoms with van der Waals surface area (Å²) < 4.78 is 0. The first kappa shape index (κ1) is 19.2. The first-order chi connectivity index (χ1) is 12.2. The van der Waals surface area contributed by atoms with Crippen LogP contribution in [0.4, 0.5) is 0 Å². The molecule has 1 amide bonds. The minimum Gasteiger partial charge on any atom is -0.342 e. The number of nitrogens with zero attached hydrogens (tertiary/aromatic N) is 1. The topological polar surface area (TPSA) is 20.3 Å². The minimum absolute atomic E-state index is 0.260. The fraction of sp³-hybridized carbons (Fsp3) is 0.435. The molecule has 3 rings (SSSR count). The predicted molar refractivity (Wildman–Crippen MR) is 106 cm³/mol. The van der Waals surface area contributed by atoms with Gasteiger partial charge < -0.3 is 4.90 Å². The smallest absolute Gasteiger partial charge is 0.238 e. The second kappa shape index (κ2) is 8.84. The summed E-state index contributed by atoms with van der Waals surface area (Å²) in [6, 6.07) is 20.7. The highest BCUT2D eigenvalue weighted by molar-refractivity contribution is 5.94. The third kappa shape index (κ3) is 3.35. The highest BCUT2D eigenvalue weighted by Gasteiger charge is 2.54. The molecule has 25 heavy (non-hydrogen) atoms. The van der Waals surface area contributed by atoms with Gasteiger partial charge in [0.15, 0.2) is 0 Å². The van der Waals surface area contributed by atoms with Crippen LogP contribution in [0.25, 0.3) is 0 Å². The number of carbonyl (C=O) groups is 1. The maximum atomic E-state index is 13.5. The van der Waals surface area contributed by atoms with Gasteiger partial charge >= 0.3 is 0 Å². The molecule has 1 fully saturated rings. The first-order valence-corrected chi connectivity index (χ1v) is 9.65. The van der Waals surface area contributed by atoms with E-state index < -0.39 is 5.41 Å². The van der Waals surface area contributed by atoms with Crippen molar-refractivity contribution in [2.24, 2.45) is 5.92 Å². The zero-order chi connectivity index (χ0) is 18.3. The second-order valence-electron chi connectivity index (χ2n) is 6.37. The molecule has 0 aliphatic carbocycles. The van der Waals surface area contributed by atoms with Crippen LogP contribution >= 0.6 is 0 Å². The Morgan fingerprint density at radius 1 is 0.920 bits per heavy atom. The van der Waals surface area contributed by atoms with Crippen molar-refractivity contribution in [3.63, 3.8) is 0 Å². The van der Waals surface area contributed by atoms with Gasteiger partial charge in [0.1, 0.15) is 5.41 Å². The molecule has 2 aromatic carbocycles. The lowest BCUT2D eigenvalue weighted by Crippen LogP contribution is -2.42. The second-order valence-corrected chi connectivity index (χ2v) is 6.37. The molecular formula is C23H31NO. The van der Waals surface area contributed by atoms with Gasteiger partial charge in [0.2, 0.25) is 5.91 Å². The van der Waals surface area contributed by atoms with Gasteiger partial charge in [-0.15, -0.1) is 0 Å². The van der Waals surface area contributed by atoms with E-state index in [0.29, 0.717) is 5.92 Å². The van der Waals surface area contributed by atoms with E-state index >= 15 is 0 Å². The van der Waals surface area contributed by atoms with E-state index in [9.17, 15) is 4.79 Å². The Hall–Kier alpha value is -2.09. The summed E-state index contributed by atoms with van der Waals surface area (Å²) in [5, 5.41) is 0. The molecule has 1 saturated heterocycles. The lowest BCUT2D eigenvalue weighted by Gasteiger charge is -2.34. The molecule has 0 N–H and O–H groups in total. The molecular weight excluding hydrogens is 306 g/mol. The molecule has 2 nitrogen and oxygen atoms in total. The van der Waals surface area contributed by atoms with Crippen molar-refractivity contribution in [2.75, 3.05) is 13.1 Å². The van der Waals surface area contributed by atoms with Crippen LogP contribution in [0.5, 0.6) is 0 Å². The fourth-order valence-electron chi connectivity index (χ4n) is 4.13. The minimum atomic E-state index is -0.533. The quantitative estimate of drug-likeness (QED) is 0.727.